The summed E-state index contributed by atoms with van der Waals surface area (Å²) in [6, 6.07) is 3.88. The molecule has 0 atom stereocenters. The Hall–Kier alpha value is -1.80. The first kappa shape index (κ1) is 12.7. The lowest BCUT2D eigenvalue weighted by Gasteiger charge is -2.07. The lowest BCUT2D eigenvalue weighted by molar-refractivity contribution is 0.419. The van der Waals surface area contributed by atoms with Gasteiger partial charge in [0.05, 0.1) is 10.7 Å². The standard InChI is InChI=1S/C10H7BrF2N4O/c11-6-3-5(1-2-7(6)12)18-9-8(13)4-15-10(16-9)17-14/h1-4H,14H2,(H,15,16,17). The molecule has 18 heavy (non-hydrogen) atoms. The summed E-state index contributed by atoms with van der Waals surface area (Å²) in [6.45, 7) is 0. The highest BCUT2D eigenvalue weighted by Gasteiger charge is 2.10. The molecule has 0 aliphatic heterocycles. The first-order valence-corrected chi connectivity index (χ1v) is 5.51. The number of hydrogen-bond acceptors (Lipinski definition) is 5. The molecule has 0 spiro atoms. The molecule has 94 valence electrons. The molecule has 5 nitrogen and oxygen atoms in total. The summed E-state index contributed by atoms with van der Waals surface area (Å²) in [5, 5.41) is 0. The minimum Gasteiger partial charge on any atom is -0.436 e. The van der Waals surface area contributed by atoms with Gasteiger partial charge < -0.3 is 4.74 Å². The summed E-state index contributed by atoms with van der Waals surface area (Å²) in [5.74, 6) is 3.82. The number of benzene rings is 1. The molecule has 1 heterocycles. The van der Waals surface area contributed by atoms with Crippen molar-refractivity contribution in [1.82, 2.24) is 9.97 Å². The van der Waals surface area contributed by atoms with Crippen LogP contribution in [0.1, 0.15) is 0 Å². The highest BCUT2D eigenvalue weighted by atomic mass is 79.9. The number of nitrogens with one attached hydrogen (secondary N) is 1. The van der Waals surface area contributed by atoms with Gasteiger partial charge in [-0.2, -0.15) is 9.37 Å². The van der Waals surface area contributed by atoms with E-state index in [-0.39, 0.29) is 22.1 Å². The zero-order valence-corrected chi connectivity index (χ0v) is 10.4. The van der Waals surface area contributed by atoms with E-state index in [0.29, 0.717) is 0 Å². The van der Waals surface area contributed by atoms with E-state index in [4.69, 9.17) is 10.6 Å². The van der Waals surface area contributed by atoms with E-state index >= 15 is 0 Å². The van der Waals surface area contributed by atoms with Gasteiger partial charge in [0, 0.05) is 0 Å². The van der Waals surface area contributed by atoms with Crippen molar-refractivity contribution in [2.75, 3.05) is 5.43 Å². The first-order valence-electron chi connectivity index (χ1n) is 4.72. The molecule has 2 rings (SSSR count). The van der Waals surface area contributed by atoms with E-state index in [2.05, 4.69) is 31.3 Å². The van der Waals surface area contributed by atoms with Crippen molar-refractivity contribution in [2.45, 2.75) is 0 Å². The van der Waals surface area contributed by atoms with Crippen molar-refractivity contribution in [3.05, 3.63) is 40.5 Å². The van der Waals surface area contributed by atoms with Gasteiger partial charge in [-0.05, 0) is 34.1 Å². The van der Waals surface area contributed by atoms with Crippen molar-refractivity contribution >= 4 is 21.9 Å². The Labute approximate surface area is 109 Å². The fourth-order valence-corrected chi connectivity index (χ4v) is 1.50. The van der Waals surface area contributed by atoms with Gasteiger partial charge >= 0.3 is 0 Å². The van der Waals surface area contributed by atoms with E-state index in [1.807, 2.05) is 0 Å². The number of rotatable bonds is 3. The number of nitrogens with two attached hydrogens (primary N) is 1. The molecule has 0 unspecified atom stereocenters. The van der Waals surface area contributed by atoms with Crippen molar-refractivity contribution in [3.8, 4) is 11.6 Å². The normalized spacial score (nSPS) is 10.2. The van der Waals surface area contributed by atoms with Gasteiger partial charge in [0.2, 0.25) is 11.8 Å². The molecule has 0 saturated carbocycles. The van der Waals surface area contributed by atoms with Gasteiger partial charge in [-0.25, -0.2) is 15.2 Å². The van der Waals surface area contributed by atoms with Gasteiger partial charge in [-0.15, -0.1) is 0 Å². The number of hydrogen-bond donors (Lipinski definition) is 2. The summed E-state index contributed by atoms with van der Waals surface area (Å²) in [4.78, 5) is 7.24. The molecular formula is C10H7BrF2N4O. The molecule has 2 aromatic rings. The smallest absolute Gasteiger partial charge is 0.260 e. The predicted octanol–water partition coefficient (Wildman–Crippen LogP) is 2.60. The van der Waals surface area contributed by atoms with Crippen LogP contribution in [0.15, 0.2) is 28.9 Å². The molecule has 0 aliphatic rings. The van der Waals surface area contributed by atoms with Crippen molar-refractivity contribution in [2.24, 2.45) is 5.84 Å². The third-order valence-corrected chi connectivity index (χ3v) is 2.55. The maximum absolute atomic E-state index is 13.4. The van der Waals surface area contributed by atoms with Crippen LogP contribution in [-0.4, -0.2) is 9.97 Å². The number of hydrazine groups is 1. The van der Waals surface area contributed by atoms with Crippen LogP contribution < -0.4 is 16.0 Å². The molecule has 0 amide bonds. The second-order valence-corrected chi connectivity index (χ2v) is 4.02. The zero-order valence-electron chi connectivity index (χ0n) is 8.82. The summed E-state index contributed by atoms with van der Waals surface area (Å²) in [7, 11) is 0. The maximum Gasteiger partial charge on any atom is 0.260 e. The van der Waals surface area contributed by atoms with Gasteiger partial charge in [-0.1, -0.05) is 0 Å². The molecule has 0 radical (unpaired) electrons. The Morgan fingerprint density at radius 2 is 2.06 bits per heavy atom. The van der Waals surface area contributed by atoms with Crippen molar-refractivity contribution in [3.63, 3.8) is 0 Å². The third-order valence-electron chi connectivity index (χ3n) is 1.95. The molecule has 0 bridgehead atoms. The van der Waals surface area contributed by atoms with E-state index in [9.17, 15) is 8.78 Å². The van der Waals surface area contributed by atoms with E-state index in [1.165, 1.54) is 18.2 Å². The third kappa shape index (κ3) is 2.71. The molecule has 8 heteroatoms. The topological polar surface area (TPSA) is 73.1 Å². The highest BCUT2D eigenvalue weighted by Crippen LogP contribution is 2.26. The SMILES string of the molecule is NNc1ncc(F)c(Oc2ccc(F)c(Br)c2)n1. The Bertz CT molecular complexity index is 582. The predicted molar refractivity (Wildman–Crippen MR) is 64.0 cm³/mol. The summed E-state index contributed by atoms with van der Waals surface area (Å²) < 4.78 is 31.7. The Morgan fingerprint density at radius 3 is 2.72 bits per heavy atom. The van der Waals surface area contributed by atoms with E-state index in [1.54, 1.807) is 0 Å². The van der Waals surface area contributed by atoms with Crippen molar-refractivity contribution in [1.29, 1.82) is 0 Å². The van der Waals surface area contributed by atoms with Gasteiger partial charge in [-0.3, -0.25) is 5.43 Å². The molecule has 0 fully saturated rings. The number of nitrogen functional groups attached to an aromatic ring is 1. The fourth-order valence-electron chi connectivity index (χ4n) is 1.14. The van der Waals surface area contributed by atoms with Crippen LogP contribution >= 0.6 is 15.9 Å². The minimum absolute atomic E-state index is 0.00702. The Kier molecular flexibility index (Phi) is 3.68. The summed E-state index contributed by atoms with van der Waals surface area (Å²) >= 11 is 2.99. The quantitative estimate of drug-likeness (QED) is 0.672. The maximum atomic E-state index is 13.4. The molecular weight excluding hydrogens is 310 g/mol. The average molecular weight is 317 g/mol. The lowest BCUT2D eigenvalue weighted by Crippen LogP contribution is -2.11. The molecule has 1 aromatic carbocycles. The average Bonchev–Trinajstić information content (AvgIpc) is 2.36. The lowest BCUT2D eigenvalue weighted by atomic mass is 10.3. The van der Waals surface area contributed by atoms with Crippen molar-refractivity contribution < 1.29 is 13.5 Å². The summed E-state index contributed by atoms with van der Waals surface area (Å²) in [6.07, 6.45) is 0.913. The molecule has 0 aliphatic carbocycles. The van der Waals surface area contributed by atoms with Crippen LogP contribution in [0.5, 0.6) is 11.6 Å². The molecule has 3 N–H and O–H groups in total. The molecule has 1 aromatic heterocycles. The van der Waals surface area contributed by atoms with Crippen LogP contribution in [0.4, 0.5) is 14.7 Å². The van der Waals surface area contributed by atoms with Crippen LogP contribution in [0.3, 0.4) is 0 Å². The van der Waals surface area contributed by atoms with Gasteiger partial charge in [0.1, 0.15) is 11.6 Å². The monoisotopic (exact) mass is 316 g/mol. The number of halogens is 3. The van der Waals surface area contributed by atoms with Gasteiger partial charge in [0.15, 0.2) is 0 Å². The highest BCUT2D eigenvalue weighted by molar-refractivity contribution is 9.10. The van der Waals surface area contributed by atoms with Crippen LogP contribution in [0.2, 0.25) is 0 Å². The fraction of sp³-hybridized carbons (Fsp3) is 0. The first-order chi connectivity index (χ1) is 8.60. The summed E-state index contributed by atoms with van der Waals surface area (Å²) in [5.41, 5.74) is 2.16. The largest absolute Gasteiger partial charge is 0.436 e. The Balaban J connectivity index is 2.30. The second-order valence-electron chi connectivity index (χ2n) is 3.17. The van der Waals surface area contributed by atoms with Crippen LogP contribution in [-0.2, 0) is 0 Å². The number of nitrogens with zero attached hydrogens (tertiary/aromatic N) is 2. The molecule has 0 saturated heterocycles. The van der Waals surface area contributed by atoms with E-state index < -0.39 is 11.6 Å². The van der Waals surface area contributed by atoms with Crippen LogP contribution in [0, 0.1) is 11.6 Å². The van der Waals surface area contributed by atoms with Crippen LogP contribution in [0.25, 0.3) is 0 Å². The zero-order chi connectivity index (χ0) is 13.1. The second kappa shape index (κ2) is 5.23. The Morgan fingerprint density at radius 1 is 1.28 bits per heavy atom. The minimum atomic E-state index is -0.755. The number of aromatic nitrogens is 2. The number of ether oxygens (including phenoxy) is 1. The van der Waals surface area contributed by atoms with Gasteiger partial charge in [0.25, 0.3) is 5.88 Å². The van der Waals surface area contributed by atoms with E-state index in [0.717, 1.165) is 6.20 Å². The number of anilines is 1.